The van der Waals surface area contributed by atoms with Crippen molar-refractivity contribution in [2.24, 2.45) is 0 Å². The molecule has 1 aromatic heterocycles. The van der Waals surface area contributed by atoms with Crippen LogP contribution in [-0.2, 0) is 0 Å². The number of fused-ring (bicyclic) bond motifs is 1. The molecule has 0 aliphatic carbocycles. The summed E-state index contributed by atoms with van der Waals surface area (Å²) in [7, 11) is 0. The van der Waals surface area contributed by atoms with Gasteiger partial charge in [-0.2, -0.15) is 9.97 Å². The Balaban J connectivity index is 1.66. The summed E-state index contributed by atoms with van der Waals surface area (Å²) in [6.45, 7) is 4.17. The first kappa shape index (κ1) is 19.3. The van der Waals surface area contributed by atoms with Gasteiger partial charge in [0.05, 0.1) is 4.92 Å². The molecule has 0 unspecified atom stereocenters. The molecular formula is C23H19N3O4. The molecular weight excluding hydrogens is 382 g/mol. The largest absolute Gasteiger partial charge is 0.433 e. The van der Waals surface area contributed by atoms with Gasteiger partial charge < -0.3 is 9.47 Å². The Morgan fingerprint density at radius 3 is 2.07 bits per heavy atom. The van der Waals surface area contributed by atoms with Crippen molar-refractivity contribution in [1.82, 2.24) is 9.97 Å². The molecule has 7 heteroatoms. The Labute approximate surface area is 173 Å². The van der Waals surface area contributed by atoms with Crippen molar-refractivity contribution in [2.45, 2.75) is 19.8 Å². The van der Waals surface area contributed by atoms with Gasteiger partial charge in [0, 0.05) is 0 Å². The Bertz CT molecular complexity index is 1210. The van der Waals surface area contributed by atoms with Crippen LogP contribution in [0.5, 0.6) is 23.3 Å². The van der Waals surface area contributed by atoms with Gasteiger partial charge in [0.1, 0.15) is 17.8 Å². The monoisotopic (exact) mass is 401 g/mol. The number of aromatic nitrogens is 2. The van der Waals surface area contributed by atoms with Crippen LogP contribution in [0, 0.1) is 10.1 Å². The summed E-state index contributed by atoms with van der Waals surface area (Å²) in [6, 6.07) is 20.5. The lowest BCUT2D eigenvalue weighted by Crippen LogP contribution is -2.01. The summed E-state index contributed by atoms with van der Waals surface area (Å²) in [5.41, 5.74) is 0.707. The number of ether oxygens (including phenoxy) is 2. The first-order chi connectivity index (χ1) is 14.5. The van der Waals surface area contributed by atoms with E-state index < -0.39 is 10.6 Å². The van der Waals surface area contributed by atoms with Crippen LogP contribution in [0.2, 0.25) is 0 Å². The molecule has 7 nitrogen and oxygen atoms in total. The van der Waals surface area contributed by atoms with Crippen LogP contribution in [0.25, 0.3) is 10.8 Å². The van der Waals surface area contributed by atoms with Gasteiger partial charge in [0.2, 0.25) is 0 Å². The average Bonchev–Trinajstić information content (AvgIpc) is 2.74. The van der Waals surface area contributed by atoms with Gasteiger partial charge in [-0.1, -0.05) is 56.3 Å². The number of hydrogen-bond donors (Lipinski definition) is 0. The van der Waals surface area contributed by atoms with Crippen LogP contribution in [0.4, 0.5) is 5.69 Å². The lowest BCUT2D eigenvalue weighted by molar-refractivity contribution is -0.387. The molecule has 1 heterocycles. The van der Waals surface area contributed by atoms with Crippen molar-refractivity contribution in [3.63, 3.8) is 0 Å². The van der Waals surface area contributed by atoms with Gasteiger partial charge >= 0.3 is 17.4 Å². The number of nitro groups is 1. The number of nitrogens with zero attached hydrogens (tertiary/aromatic N) is 3. The molecule has 0 N–H and O–H groups in total. The Hall–Kier alpha value is -4.00. The van der Waals surface area contributed by atoms with Gasteiger partial charge in [0.25, 0.3) is 0 Å². The quantitative estimate of drug-likeness (QED) is 0.280. The van der Waals surface area contributed by atoms with Crippen molar-refractivity contribution >= 4 is 16.5 Å². The van der Waals surface area contributed by atoms with Gasteiger partial charge in [-0.15, -0.1) is 0 Å². The molecule has 150 valence electrons. The molecule has 3 aromatic carbocycles. The zero-order valence-electron chi connectivity index (χ0n) is 16.5. The fourth-order valence-corrected chi connectivity index (χ4v) is 3.03. The number of rotatable bonds is 6. The molecule has 0 spiro atoms. The second kappa shape index (κ2) is 8.16. The molecule has 30 heavy (non-hydrogen) atoms. The third kappa shape index (κ3) is 4.05. The van der Waals surface area contributed by atoms with Crippen LogP contribution in [0.3, 0.4) is 0 Å². The number of benzene rings is 3. The lowest BCUT2D eigenvalue weighted by Gasteiger charge is -2.10. The minimum absolute atomic E-state index is 0.178. The normalized spacial score (nSPS) is 10.9. The van der Waals surface area contributed by atoms with E-state index in [0.29, 0.717) is 17.4 Å². The third-order valence-corrected chi connectivity index (χ3v) is 4.63. The molecule has 0 atom stereocenters. The minimum Gasteiger partial charge on any atom is -0.433 e. The predicted molar refractivity (Wildman–Crippen MR) is 113 cm³/mol. The van der Waals surface area contributed by atoms with Crippen LogP contribution < -0.4 is 9.47 Å². The van der Waals surface area contributed by atoms with Crippen LogP contribution in [-0.4, -0.2) is 14.9 Å². The van der Waals surface area contributed by atoms with Crippen molar-refractivity contribution in [3.8, 4) is 23.3 Å². The average molecular weight is 401 g/mol. The van der Waals surface area contributed by atoms with Crippen LogP contribution in [0.1, 0.15) is 25.3 Å². The summed E-state index contributed by atoms with van der Waals surface area (Å²) < 4.78 is 11.4. The van der Waals surface area contributed by atoms with E-state index in [4.69, 9.17) is 9.47 Å². The summed E-state index contributed by atoms with van der Waals surface area (Å²) in [5, 5.41) is 13.7. The minimum atomic E-state index is -0.603. The fraction of sp³-hybridized carbons (Fsp3) is 0.130. The van der Waals surface area contributed by atoms with E-state index in [1.165, 1.54) is 6.33 Å². The maximum Gasteiger partial charge on any atom is 0.393 e. The van der Waals surface area contributed by atoms with E-state index in [1.807, 2.05) is 42.5 Å². The van der Waals surface area contributed by atoms with Gasteiger partial charge in [0.15, 0.2) is 0 Å². The summed E-state index contributed by atoms with van der Waals surface area (Å²) >= 11 is 0. The zero-order valence-corrected chi connectivity index (χ0v) is 16.5. The van der Waals surface area contributed by atoms with Crippen molar-refractivity contribution in [3.05, 3.63) is 88.7 Å². The highest BCUT2D eigenvalue weighted by Crippen LogP contribution is 2.38. The molecule has 0 radical (unpaired) electrons. The molecule has 0 fully saturated rings. The lowest BCUT2D eigenvalue weighted by atomic mass is 10.0. The highest BCUT2D eigenvalue weighted by atomic mass is 16.6. The Kier molecular flexibility index (Phi) is 5.26. The van der Waals surface area contributed by atoms with E-state index in [0.717, 1.165) is 16.3 Å². The van der Waals surface area contributed by atoms with Crippen molar-refractivity contribution < 1.29 is 14.4 Å². The zero-order chi connectivity index (χ0) is 21.1. The molecule has 4 aromatic rings. The SMILES string of the molecule is CC(C)c1ccc(Oc2ncnc(Oc3ccc4ccccc4c3)c2[N+](=O)[O-])cc1. The Morgan fingerprint density at radius 1 is 0.833 bits per heavy atom. The summed E-state index contributed by atoms with van der Waals surface area (Å²) in [4.78, 5) is 19.1. The first-order valence-corrected chi connectivity index (χ1v) is 9.45. The van der Waals surface area contributed by atoms with E-state index >= 15 is 0 Å². The number of hydrogen-bond acceptors (Lipinski definition) is 6. The molecule has 0 amide bonds. The smallest absolute Gasteiger partial charge is 0.393 e. The molecule has 0 aliphatic rings. The highest BCUT2D eigenvalue weighted by Gasteiger charge is 2.27. The summed E-state index contributed by atoms with van der Waals surface area (Å²) in [6.07, 6.45) is 1.18. The summed E-state index contributed by atoms with van der Waals surface area (Å²) in [5.74, 6) is 0.886. The Morgan fingerprint density at radius 2 is 1.43 bits per heavy atom. The van der Waals surface area contributed by atoms with E-state index in [-0.39, 0.29) is 11.8 Å². The second-order valence-corrected chi connectivity index (χ2v) is 7.03. The van der Waals surface area contributed by atoms with E-state index in [9.17, 15) is 10.1 Å². The van der Waals surface area contributed by atoms with Gasteiger partial charge in [-0.3, -0.25) is 10.1 Å². The fourth-order valence-electron chi connectivity index (χ4n) is 3.03. The van der Waals surface area contributed by atoms with Crippen molar-refractivity contribution in [2.75, 3.05) is 0 Å². The van der Waals surface area contributed by atoms with E-state index in [2.05, 4.69) is 23.8 Å². The third-order valence-electron chi connectivity index (χ3n) is 4.63. The van der Waals surface area contributed by atoms with Crippen LogP contribution in [0.15, 0.2) is 73.1 Å². The van der Waals surface area contributed by atoms with Gasteiger partial charge in [-0.05, 0) is 46.5 Å². The second-order valence-electron chi connectivity index (χ2n) is 7.03. The van der Waals surface area contributed by atoms with Crippen molar-refractivity contribution in [1.29, 1.82) is 0 Å². The molecule has 0 saturated carbocycles. The molecule has 0 saturated heterocycles. The maximum atomic E-state index is 11.7. The van der Waals surface area contributed by atoms with Gasteiger partial charge in [-0.25, -0.2) is 0 Å². The molecule has 4 rings (SSSR count). The topological polar surface area (TPSA) is 87.4 Å². The maximum absolute atomic E-state index is 11.7. The molecule has 0 bridgehead atoms. The predicted octanol–water partition coefficient (Wildman–Crippen LogP) is 6.25. The standard InChI is InChI=1S/C23H19N3O4/c1-15(2)16-7-10-19(11-8-16)29-22-21(26(27)28)23(25-14-24-22)30-20-12-9-17-5-3-4-6-18(17)13-20/h3-15H,1-2H3. The molecule has 0 aliphatic heterocycles. The van der Waals surface area contributed by atoms with E-state index in [1.54, 1.807) is 24.3 Å². The first-order valence-electron chi connectivity index (χ1n) is 9.45. The van der Waals surface area contributed by atoms with Crippen LogP contribution >= 0.6 is 0 Å². The highest BCUT2D eigenvalue weighted by molar-refractivity contribution is 5.83.